The van der Waals surface area contributed by atoms with E-state index in [1.54, 1.807) is 17.6 Å². The smallest absolute Gasteiger partial charge is 0.258 e. The lowest BCUT2D eigenvalue weighted by Gasteiger charge is -2.28. The summed E-state index contributed by atoms with van der Waals surface area (Å²) in [6.07, 6.45) is 1.82. The van der Waals surface area contributed by atoms with E-state index in [4.69, 9.17) is 4.74 Å². The Morgan fingerprint density at radius 1 is 1.23 bits per heavy atom. The maximum absolute atomic E-state index is 12.4. The highest BCUT2D eigenvalue weighted by Crippen LogP contribution is 2.24. The van der Waals surface area contributed by atoms with Crippen LogP contribution < -0.4 is 10.3 Å². The molecule has 0 aliphatic heterocycles. The molecular formula is C21H25N3O2. The van der Waals surface area contributed by atoms with E-state index in [0.29, 0.717) is 12.2 Å². The molecule has 136 valence electrons. The van der Waals surface area contributed by atoms with Crippen LogP contribution in [0.25, 0.3) is 5.65 Å². The highest BCUT2D eigenvalue weighted by Gasteiger charge is 2.16. The van der Waals surface area contributed by atoms with Gasteiger partial charge < -0.3 is 4.74 Å². The zero-order chi connectivity index (χ0) is 18.7. The van der Waals surface area contributed by atoms with Crippen molar-refractivity contribution in [2.24, 2.45) is 0 Å². The van der Waals surface area contributed by atoms with Crippen molar-refractivity contribution in [2.75, 3.05) is 13.7 Å². The Balaban J connectivity index is 1.88. The largest absolute Gasteiger partial charge is 0.497 e. The van der Waals surface area contributed by atoms with E-state index in [-0.39, 0.29) is 11.6 Å². The van der Waals surface area contributed by atoms with E-state index in [2.05, 4.69) is 35.9 Å². The summed E-state index contributed by atoms with van der Waals surface area (Å²) in [4.78, 5) is 19.4. The standard InChI is InChI=1S/C21H25N3O2/c1-5-23(16(3)17-7-6-8-19(11-17)26-4)14-18-12-21(25)24-13-15(2)9-10-20(24)22-18/h6-13,16H,5,14H2,1-4H3. The number of fused-ring (bicyclic) bond motifs is 1. The van der Waals surface area contributed by atoms with Crippen molar-refractivity contribution in [1.82, 2.24) is 14.3 Å². The van der Waals surface area contributed by atoms with E-state index < -0.39 is 0 Å². The Labute approximate surface area is 153 Å². The molecular weight excluding hydrogens is 326 g/mol. The van der Waals surface area contributed by atoms with Crippen molar-refractivity contribution in [3.05, 3.63) is 75.8 Å². The Hall–Kier alpha value is -2.66. The van der Waals surface area contributed by atoms with Gasteiger partial charge in [0, 0.05) is 24.8 Å². The van der Waals surface area contributed by atoms with Crippen LogP contribution in [0, 0.1) is 6.92 Å². The molecule has 1 aromatic carbocycles. The zero-order valence-electron chi connectivity index (χ0n) is 15.8. The van der Waals surface area contributed by atoms with Crippen molar-refractivity contribution in [1.29, 1.82) is 0 Å². The van der Waals surface area contributed by atoms with Gasteiger partial charge >= 0.3 is 0 Å². The number of rotatable bonds is 6. The third-order valence-electron chi connectivity index (χ3n) is 4.76. The van der Waals surface area contributed by atoms with Gasteiger partial charge in [0.05, 0.1) is 12.8 Å². The van der Waals surface area contributed by atoms with Crippen LogP contribution in [0.5, 0.6) is 5.75 Å². The minimum atomic E-state index is -0.0428. The van der Waals surface area contributed by atoms with E-state index in [1.165, 1.54) is 5.56 Å². The van der Waals surface area contributed by atoms with Gasteiger partial charge in [-0.1, -0.05) is 25.1 Å². The molecule has 0 spiro atoms. The van der Waals surface area contributed by atoms with Gasteiger partial charge in [-0.2, -0.15) is 0 Å². The van der Waals surface area contributed by atoms with Crippen LogP contribution >= 0.6 is 0 Å². The molecule has 0 aliphatic carbocycles. The van der Waals surface area contributed by atoms with Crippen LogP contribution in [0.1, 0.15) is 36.7 Å². The molecule has 0 aliphatic rings. The van der Waals surface area contributed by atoms with E-state index in [0.717, 1.165) is 23.6 Å². The fraction of sp³-hybridized carbons (Fsp3) is 0.333. The Morgan fingerprint density at radius 3 is 2.77 bits per heavy atom. The van der Waals surface area contributed by atoms with Crippen LogP contribution in [-0.2, 0) is 6.54 Å². The average molecular weight is 351 g/mol. The van der Waals surface area contributed by atoms with Gasteiger partial charge in [0.1, 0.15) is 11.4 Å². The number of benzene rings is 1. The number of aryl methyl sites for hydroxylation is 1. The first-order chi connectivity index (χ1) is 12.5. The lowest BCUT2D eigenvalue weighted by molar-refractivity contribution is 0.210. The Bertz CT molecular complexity index is 965. The Kier molecular flexibility index (Phi) is 5.38. The molecule has 0 fully saturated rings. The molecule has 0 N–H and O–H groups in total. The van der Waals surface area contributed by atoms with Gasteiger partial charge in [-0.3, -0.25) is 14.1 Å². The second kappa shape index (κ2) is 7.70. The summed E-state index contributed by atoms with van der Waals surface area (Å²) in [5, 5.41) is 0. The van der Waals surface area contributed by atoms with Gasteiger partial charge in [0.2, 0.25) is 0 Å². The summed E-state index contributed by atoms with van der Waals surface area (Å²) in [6, 6.07) is 13.8. The fourth-order valence-electron chi connectivity index (χ4n) is 3.18. The molecule has 5 heteroatoms. The lowest BCUT2D eigenvalue weighted by atomic mass is 10.1. The SMILES string of the molecule is CCN(Cc1cc(=O)n2cc(C)ccc2n1)C(C)c1cccc(OC)c1. The normalized spacial score (nSPS) is 12.5. The third kappa shape index (κ3) is 3.78. The lowest BCUT2D eigenvalue weighted by Crippen LogP contribution is -2.28. The van der Waals surface area contributed by atoms with Crippen molar-refractivity contribution < 1.29 is 4.74 Å². The summed E-state index contributed by atoms with van der Waals surface area (Å²) < 4.78 is 6.93. The first-order valence-electron chi connectivity index (χ1n) is 8.88. The predicted molar refractivity (Wildman–Crippen MR) is 104 cm³/mol. The second-order valence-electron chi connectivity index (χ2n) is 6.54. The molecule has 3 aromatic rings. The average Bonchev–Trinajstić information content (AvgIpc) is 2.66. The summed E-state index contributed by atoms with van der Waals surface area (Å²) in [6.45, 7) is 7.72. The maximum atomic E-state index is 12.4. The molecule has 1 atom stereocenters. The highest BCUT2D eigenvalue weighted by molar-refractivity contribution is 5.40. The first-order valence-corrected chi connectivity index (χ1v) is 8.88. The number of methoxy groups -OCH3 is 1. The molecule has 26 heavy (non-hydrogen) atoms. The zero-order valence-corrected chi connectivity index (χ0v) is 15.8. The van der Waals surface area contributed by atoms with Crippen molar-refractivity contribution in [3.8, 4) is 5.75 Å². The monoisotopic (exact) mass is 351 g/mol. The molecule has 5 nitrogen and oxygen atoms in total. The van der Waals surface area contributed by atoms with Crippen molar-refractivity contribution in [3.63, 3.8) is 0 Å². The molecule has 0 bridgehead atoms. The first kappa shape index (κ1) is 18.1. The molecule has 0 saturated carbocycles. The molecule has 0 radical (unpaired) electrons. The van der Waals surface area contributed by atoms with Crippen LogP contribution in [0.2, 0.25) is 0 Å². The summed E-state index contributed by atoms with van der Waals surface area (Å²) >= 11 is 0. The predicted octanol–water partition coefficient (Wildman–Crippen LogP) is 3.59. The molecule has 0 saturated heterocycles. The minimum absolute atomic E-state index is 0.0428. The number of nitrogens with zero attached hydrogens (tertiary/aromatic N) is 3. The third-order valence-corrected chi connectivity index (χ3v) is 4.76. The summed E-state index contributed by atoms with van der Waals surface area (Å²) in [7, 11) is 1.68. The molecule has 0 amide bonds. The second-order valence-corrected chi connectivity index (χ2v) is 6.54. The topological polar surface area (TPSA) is 46.8 Å². The maximum Gasteiger partial charge on any atom is 0.258 e. The number of aromatic nitrogens is 2. The van der Waals surface area contributed by atoms with Gasteiger partial charge in [-0.05, 0) is 49.7 Å². The van der Waals surface area contributed by atoms with E-state index >= 15 is 0 Å². The number of hydrogen-bond donors (Lipinski definition) is 0. The van der Waals surface area contributed by atoms with Crippen LogP contribution in [0.4, 0.5) is 0 Å². The van der Waals surface area contributed by atoms with E-state index in [9.17, 15) is 4.79 Å². The fourth-order valence-corrected chi connectivity index (χ4v) is 3.18. The van der Waals surface area contributed by atoms with Crippen molar-refractivity contribution in [2.45, 2.75) is 33.4 Å². The quantitative estimate of drug-likeness (QED) is 0.681. The van der Waals surface area contributed by atoms with Crippen LogP contribution in [-0.4, -0.2) is 27.9 Å². The summed E-state index contributed by atoms with van der Waals surface area (Å²) in [5.41, 5.74) is 3.65. The van der Waals surface area contributed by atoms with Gasteiger partial charge in [-0.25, -0.2) is 4.98 Å². The summed E-state index contributed by atoms with van der Waals surface area (Å²) in [5.74, 6) is 0.850. The van der Waals surface area contributed by atoms with Gasteiger partial charge in [-0.15, -0.1) is 0 Å². The molecule has 1 unspecified atom stereocenters. The van der Waals surface area contributed by atoms with Crippen LogP contribution in [0.15, 0.2) is 53.5 Å². The number of hydrogen-bond acceptors (Lipinski definition) is 4. The van der Waals surface area contributed by atoms with Gasteiger partial charge in [0.25, 0.3) is 5.56 Å². The van der Waals surface area contributed by atoms with Crippen LogP contribution in [0.3, 0.4) is 0 Å². The Morgan fingerprint density at radius 2 is 2.04 bits per heavy atom. The van der Waals surface area contributed by atoms with E-state index in [1.807, 2.05) is 37.4 Å². The van der Waals surface area contributed by atoms with Crippen molar-refractivity contribution >= 4 is 5.65 Å². The molecule has 2 aromatic heterocycles. The highest BCUT2D eigenvalue weighted by atomic mass is 16.5. The number of ether oxygens (including phenoxy) is 1. The number of pyridine rings is 1. The minimum Gasteiger partial charge on any atom is -0.497 e. The molecule has 2 heterocycles. The molecule has 3 rings (SSSR count). The van der Waals surface area contributed by atoms with Gasteiger partial charge in [0.15, 0.2) is 0 Å².